The highest BCUT2D eigenvalue weighted by Gasteiger charge is 2.10. The highest BCUT2D eigenvalue weighted by molar-refractivity contribution is 7.98. The quantitative estimate of drug-likeness (QED) is 0.459. The molecule has 5 nitrogen and oxygen atoms in total. The molecule has 2 N–H and O–H groups in total. The summed E-state index contributed by atoms with van der Waals surface area (Å²) < 4.78 is 5.68. The van der Waals surface area contributed by atoms with Crippen LogP contribution in [0.1, 0.15) is 5.89 Å². The number of rotatable bonds is 3. The number of thiophene rings is 1. The molecule has 21 heavy (non-hydrogen) atoms. The largest absolute Gasteiger partial charge is 0.440 e. The molecule has 3 aromatic heterocycles. The molecule has 0 saturated carbocycles. The van der Waals surface area contributed by atoms with E-state index in [1.165, 1.54) is 11.8 Å². The highest BCUT2D eigenvalue weighted by Crippen LogP contribution is 2.28. The van der Waals surface area contributed by atoms with Crippen LogP contribution in [-0.4, -0.2) is 15.0 Å². The number of benzene rings is 1. The number of oxazole rings is 1. The summed E-state index contributed by atoms with van der Waals surface area (Å²) in [4.78, 5) is 14.1. The van der Waals surface area contributed by atoms with E-state index >= 15 is 0 Å². The second kappa shape index (κ2) is 5.01. The number of nitrogens with two attached hydrogens (primary N) is 1. The van der Waals surface area contributed by atoms with Gasteiger partial charge >= 0.3 is 0 Å². The van der Waals surface area contributed by atoms with Crippen molar-refractivity contribution in [1.29, 1.82) is 0 Å². The molecule has 3 heterocycles. The smallest absolute Gasteiger partial charge is 0.205 e. The Balaban J connectivity index is 1.59. The van der Waals surface area contributed by atoms with Crippen molar-refractivity contribution in [2.24, 2.45) is 0 Å². The minimum absolute atomic E-state index is 0.515. The van der Waals surface area contributed by atoms with E-state index in [4.69, 9.17) is 10.2 Å². The Morgan fingerprint density at radius 3 is 2.95 bits per heavy atom. The molecule has 0 aliphatic carbocycles. The fourth-order valence-corrected chi connectivity index (χ4v) is 3.55. The van der Waals surface area contributed by atoms with Crippen LogP contribution in [0.5, 0.6) is 0 Å². The molecule has 0 fully saturated rings. The second-order valence-corrected chi connectivity index (χ2v) is 6.23. The van der Waals surface area contributed by atoms with Gasteiger partial charge in [0, 0.05) is 0 Å². The first-order valence-corrected chi connectivity index (χ1v) is 8.14. The molecule has 0 aliphatic heterocycles. The van der Waals surface area contributed by atoms with E-state index in [2.05, 4.69) is 15.0 Å². The molecule has 0 bridgehead atoms. The molecular weight excluding hydrogens is 304 g/mol. The summed E-state index contributed by atoms with van der Waals surface area (Å²) in [6, 6.07) is 9.64. The third kappa shape index (κ3) is 2.34. The first-order valence-electron chi connectivity index (χ1n) is 6.27. The lowest BCUT2D eigenvalue weighted by atomic mass is 10.3. The van der Waals surface area contributed by atoms with E-state index < -0.39 is 0 Å². The van der Waals surface area contributed by atoms with Crippen LogP contribution < -0.4 is 5.73 Å². The molecule has 0 spiro atoms. The summed E-state index contributed by atoms with van der Waals surface area (Å²) in [5.41, 5.74) is 7.59. The minimum atomic E-state index is 0.515. The van der Waals surface area contributed by atoms with Crippen LogP contribution in [0.3, 0.4) is 0 Å². The maximum atomic E-state index is 5.93. The summed E-state index contributed by atoms with van der Waals surface area (Å²) in [6.07, 6.45) is 0. The molecule has 4 aromatic rings. The Bertz CT molecular complexity index is 898. The van der Waals surface area contributed by atoms with Gasteiger partial charge in [0.15, 0.2) is 10.7 Å². The summed E-state index contributed by atoms with van der Waals surface area (Å²) >= 11 is 3.03. The predicted octanol–water partition coefficient (Wildman–Crippen LogP) is 3.71. The Morgan fingerprint density at radius 2 is 2.05 bits per heavy atom. The van der Waals surface area contributed by atoms with Gasteiger partial charge in [-0.2, -0.15) is 0 Å². The van der Waals surface area contributed by atoms with Crippen LogP contribution in [0.15, 0.2) is 45.3 Å². The van der Waals surface area contributed by atoms with Crippen LogP contribution in [0, 0.1) is 0 Å². The molecule has 0 aliphatic rings. The minimum Gasteiger partial charge on any atom is -0.440 e. The van der Waals surface area contributed by atoms with Crippen molar-refractivity contribution in [2.75, 3.05) is 5.73 Å². The lowest BCUT2D eigenvalue weighted by Crippen LogP contribution is -1.95. The molecule has 0 atom stereocenters. The molecule has 7 heteroatoms. The maximum absolute atomic E-state index is 5.93. The SMILES string of the molecule is Nc1nc(SCc2nc3ccccc3o2)nc2sccc12. The van der Waals surface area contributed by atoms with Crippen molar-refractivity contribution in [2.45, 2.75) is 10.9 Å². The number of hydrogen-bond donors (Lipinski definition) is 1. The van der Waals surface area contributed by atoms with Crippen LogP contribution in [-0.2, 0) is 5.75 Å². The zero-order valence-corrected chi connectivity index (χ0v) is 12.4. The van der Waals surface area contributed by atoms with Gasteiger partial charge in [-0.05, 0) is 23.6 Å². The third-order valence-corrected chi connectivity index (χ3v) is 4.64. The number of nitrogen functional groups attached to an aromatic ring is 1. The zero-order chi connectivity index (χ0) is 14.2. The van der Waals surface area contributed by atoms with Crippen LogP contribution in [0.4, 0.5) is 5.82 Å². The highest BCUT2D eigenvalue weighted by atomic mass is 32.2. The average Bonchev–Trinajstić information content (AvgIpc) is 3.11. The standard InChI is InChI=1S/C14H10N4OS2/c15-12-8-5-6-20-13(8)18-14(17-12)21-7-11-16-9-3-1-2-4-10(9)19-11/h1-6H,7H2,(H2,15,17,18). The van der Waals surface area contributed by atoms with E-state index in [-0.39, 0.29) is 0 Å². The van der Waals surface area contributed by atoms with Gasteiger partial charge in [0.05, 0.1) is 11.1 Å². The zero-order valence-electron chi connectivity index (χ0n) is 10.8. The third-order valence-electron chi connectivity index (χ3n) is 3.00. The van der Waals surface area contributed by atoms with E-state index in [9.17, 15) is 0 Å². The topological polar surface area (TPSA) is 77.8 Å². The van der Waals surface area contributed by atoms with Crippen molar-refractivity contribution in [3.63, 3.8) is 0 Å². The van der Waals surface area contributed by atoms with E-state index in [1.807, 2.05) is 35.7 Å². The van der Waals surface area contributed by atoms with Gasteiger partial charge in [-0.1, -0.05) is 23.9 Å². The number of fused-ring (bicyclic) bond motifs is 2. The van der Waals surface area contributed by atoms with Gasteiger partial charge < -0.3 is 10.2 Å². The van der Waals surface area contributed by atoms with Gasteiger partial charge in [-0.25, -0.2) is 15.0 Å². The van der Waals surface area contributed by atoms with Crippen molar-refractivity contribution in [3.8, 4) is 0 Å². The first kappa shape index (κ1) is 12.6. The molecule has 1 aromatic carbocycles. The number of aromatic nitrogens is 3. The predicted molar refractivity (Wildman–Crippen MR) is 85.4 cm³/mol. The number of para-hydroxylation sites is 2. The number of nitrogens with zero attached hydrogens (tertiary/aromatic N) is 3. The van der Waals surface area contributed by atoms with Gasteiger partial charge in [0.25, 0.3) is 0 Å². The lowest BCUT2D eigenvalue weighted by molar-refractivity contribution is 0.556. The van der Waals surface area contributed by atoms with Gasteiger partial charge in [-0.3, -0.25) is 0 Å². The number of thioether (sulfide) groups is 1. The van der Waals surface area contributed by atoms with Crippen molar-refractivity contribution in [3.05, 3.63) is 41.6 Å². The molecule has 4 rings (SSSR count). The normalized spacial score (nSPS) is 11.4. The Morgan fingerprint density at radius 1 is 1.14 bits per heavy atom. The Kier molecular flexibility index (Phi) is 3.01. The van der Waals surface area contributed by atoms with Crippen molar-refractivity contribution < 1.29 is 4.42 Å². The fourth-order valence-electron chi connectivity index (χ4n) is 2.03. The van der Waals surface area contributed by atoms with Gasteiger partial charge in [-0.15, -0.1) is 11.3 Å². The Labute approximate surface area is 128 Å². The van der Waals surface area contributed by atoms with Crippen molar-refractivity contribution in [1.82, 2.24) is 15.0 Å². The molecule has 0 saturated heterocycles. The molecule has 0 radical (unpaired) electrons. The summed E-state index contributed by atoms with van der Waals surface area (Å²) in [7, 11) is 0. The molecular formula is C14H10N4OS2. The van der Waals surface area contributed by atoms with Crippen LogP contribution >= 0.6 is 23.1 Å². The van der Waals surface area contributed by atoms with E-state index in [1.54, 1.807) is 11.3 Å². The van der Waals surface area contributed by atoms with E-state index in [0.717, 1.165) is 21.3 Å². The van der Waals surface area contributed by atoms with E-state index in [0.29, 0.717) is 22.6 Å². The maximum Gasteiger partial charge on any atom is 0.205 e. The second-order valence-electron chi connectivity index (χ2n) is 4.39. The monoisotopic (exact) mass is 314 g/mol. The summed E-state index contributed by atoms with van der Waals surface area (Å²) in [5.74, 6) is 1.75. The first-order chi connectivity index (χ1) is 10.3. The molecule has 0 amide bonds. The summed E-state index contributed by atoms with van der Waals surface area (Å²) in [5, 5.41) is 3.52. The lowest BCUT2D eigenvalue weighted by Gasteiger charge is -2.00. The molecule has 104 valence electrons. The van der Waals surface area contributed by atoms with Gasteiger partial charge in [0.2, 0.25) is 5.89 Å². The summed E-state index contributed by atoms with van der Waals surface area (Å²) in [6.45, 7) is 0. The molecule has 0 unspecified atom stereocenters. The van der Waals surface area contributed by atoms with Crippen LogP contribution in [0.2, 0.25) is 0 Å². The average molecular weight is 314 g/mol. The van der Waals surface area contributed by atoms with Crippen molar-refractivity contribution >= 4 is 50.2 Å². The Hall–Kier alpha value is -2.12. The van der Waals surface area contributed by atoms with Crippen LogP contribution in [0.25, 0.3) is 21.3 Å². The number of anilines is 1. The number of hydrogen-bond acceptors (Lipinski definition) is 7. The van der Waals surface area contributed by atoms with Gasteiger partial charge in [0.1, 0.15) is 16.2 Å². The fraction of sp³-hybridized carbons (Fsp3) is 0.0714.